The van der Waals surface area contributed by atoms with Gasteiger partial charge in [-0.2, -0.15) is 23.5 Å². The summed E-state index contributed by atoms with van der Waals surface area (Å²) in [5, 5.41) is 4.40. The van der Waals surface area contributed by atoms with Crippen LogP contribution in [0.15, 0.2) is 4.99 Å². The first kappa shape index (κ1) is 22.7. The third-order valence-electron chi connectivity index (χ3n) is 4.77. The van der Waals surface area contributed by atoms with Crippen LogP contribution in [0.5, 0.6) is 0 Å². The maximum absolute atomic E-state index is 5.58. The quantitative estimate of drug-likeness (QED) is 0.365. The van der Waals surface area contributed by atoms with E-state index in [9.17, 15) is 0 Å². The Morgan fingerprint density at radius 2 is 2.12 bits per heavy atom. The zero-order valence-corrected chi connectivity index (χ0v) is 19.5. The van der Waals surface area contributed by atoms with E-state index in [1.54, 1.807) is 0 Å². The summed E-state index contributed by atoms with van der Waals surface area (Å²) >= 11 is 4.20. The largest absolute Gasteiger partial charge is 0.381 e. The van der Waals surface area contributed by atoms with E-state index < -0.39 is 0 Å². The average Bonchev–Trinajstić information content (AvgIpc) is 2.57. The van der Waals surface area contributed by atoms with Crippen molar-refractivity contribution in [3.05, 3.63) is 0 Å². The highest BCUT2D eigenvalue weighted by Gasteiger charge is 2.33. The van der Waals surface area contributed by atoms with Gasteiger partial charge in [-0.05, 0) is 24.5 Å². The van der Waals surface area contributed by atoms with E-state index >= 15 is 0 Å². The van der Waals surface area contributed by atoms with E-state index in [0.717, 1.165) is 63.3 Å². The first-order valence-electron chi connectivity index (χ1n) is 8.89. The second-order valence-electron chi connectivity index (χ2n) is 6.73. The number of hydrogen-bond acceptors (Lipinski definition) is 4. The van der Waals surface area contributed by atoms with Crippen LogP contribution in [0, 0.1) is 5.92 Å². The molecule has 2 fully saturated rings. The van der Waals surface area contributed by atoms with Crippen molar-refractivity contribution in [2.24, 2.45) is 10.9 Å². The highest BCUT2D eigenvalue weighted by Crippen LogP contribution is 2.35. The van der Waals surface area contributed by atoms with Crippen molar-refractivity contribution in [2.45, 2.75) is 43.6 Å². The summed E-state index contributed by atoms with van der Waals surface area (Å²) in [6, 6.07) is 0. The van der Waals surface area contributed by atoms with Crippen LogP contribution in [0.1, 0.15) is 33.6 Å². The lowest BCUT2D eigenvalue weighted by Crippen LogP contribution is -2.52. The number of thioether (sulfide) groups is 2. The maximum atomic E-state index is 5.58. The number of guanidine groups is 1. The molecule has 1 unspecified atom stereocenters. The lowest BCUT2D eigenvalue weighted by molar-refractivity contribution is 0.0780. The molecule has 1 atom stereocenters. The second kappa shape index (κ2) is 11.4. The molecule has 1 N–H and O–H groups in total. The molecule has 0 saturated carbocycles. The molecule has 0 aromatic rings. The van der Waals surface area contributed by atoms with Crippen molar-refractivity contribution in [2.75, 3.05) is 51.4 Å². The molecule has 0 radical (unpaired) electrons. The second-order valence-corrected chi connectivity index (χ2v) is 9.81. The van der Waals surface area contributed by atoms with E-state index in [1.165, 1.54) is 5.75 Å². The van der Waals surface area contributed by atoms with Crippen LogP contribution in [0.25, 0.3) is 0 Å². The Balaban J connectivity index is 0.00000288. The normalized spacial score (nSPS) is 24.6. The topological polar surface area (TPSA) is 36.9 Å². The predicted molar refractivity (Wildman–Crippen MR) is 120 cm³/mol. The van der Waals surface area contributed by atoms with Gasteiger partial charge in [0.1, 0.15) is 0 Å². The number of nitrogens with one attached hydrogen (secondary N) is 1. The summed E-state index contributed by atoms with van der Waals surface area (Å²) in [5.41, 5.74) is 0. The number of aliphatic imine (C=N–C) groups is 1. The third-order valence-corrected chi connectivity index (χ3v) is 7.77. The van der Waals surface area contributed by atoms with Crippen molar-refractivity contribution in [3.63, 3.8) is 0 Å². The molecule has 2 heterocycles. The van der Waals surface area contributed by atoms with Crippen LogP contribution >= 0.6 is 47.5 Å². The zero-order chi connectivity index (χ0) is 16.7. The molecule has 2 aliphatic heterocycles. The standard InChI is InChI=1S/C17H33N3OS2.HI/c1-5-23-17(6-9-21-10-7-17)13-19-16(18-4)20-8-11-22-15(12-20)14(2)3;/h14-15H,5-13H2,1-4H3,(H,18,19);1H. The lowest BCUT2D eigenvalue weighted by atomic mass is 9.99. The Morgan fingerprint density at radius 3 is 2.71 bits per heavy atom. The van der Waals surface area contributed by atoms with E-state index in [4.69, 9.17) is 4.74 Å². The molecule has 0 amide bonds. The molecule has 0 aromatic heterocycles. The van der Waals surface area contributed by atoms with Crippen molar-refractivity contribution in [3.8, 4) is 0 Å². The highest BCUT2D eigenvalue weighted by atomic mass is 127. The monoisotopic (exact) mass is 487 g/mol. The average molecular weight is 488 g/mol. The van der Waals surface area contributed by atoms with Crippen molar-refractivity contribution in [1.82, 2.24) is 10.2 Å². The molecule has 2 rings (SSSR count). The van der Waals surface area contributed by atoms with Gasteiger partial charge >= 0.3 is 0 Å². The molecule has 142 valence electrons. The first-order valence-corrected chi connectivity index (χ1v) is 10.9. The minimum absolute atomic E-state index is 0. The van der Waals surface area contributed by atoms with E-state index in [-0.39, 0.29) is 24.0 Å². The molecule has 0 spiro atoms. The molecule has 7 heteroatoms. The van der Waals surface area contributed by atoms with Gasteiger partial charge in [0, 0.05) is 55.6 Å². The zero-order valence-electron chi connectivity index (χ0n) is 15.5. The van der Waals surface area contributed by atoms with Gasteiger partial charge in [0.15, 0.2) is 5.96 Å². The molecule has 0 bridgehead atoms. The van der Waals surface area contributed by atoms with E-state index in [2.05, 4.69) is 59.5 Å². The maximum Gasteiger partial charge on any atom is 0.193 e. The van der Waals surface area contributed by atoms with Crippen molar-refractivity contribution < 1.29 is 4.74 Å². The van der Waals surface area contributed by atoms with E-state index in [0.29, 0.717) is 10.00 Å². The summed E-state index contributed by atoms with van der Waals surface area (Å²) < 4.78 is 5.89. The van der Waals surface area contributed by atoms with Crippen LogP contribution in [-0.2, 0) is 4.74 Å². The first-order chi connectivity index (χ1) is 11.1. The number of ether oxygens (including phenoxy) is 1. The molecular weight excluding hydrogens is 453 g/mol. The smallest absolute Gasteiger partial charge is 0.193 e. The summed E-state index contributed by atoms with van der Waals surface area (Å²) in [5.74, 6) is 4.17. The number of halogens is 1. The summed E-state index contributed by atoms with van der Waals surface area (Å²) in [6.07, 6.45) is 2.28. The third kappa shape index (κ3) is 6.43. The molecule has 0 aromatic carbocycles. The molecule has 24 heavy (non-hydrogen) atoms. The molecule has 2 aliphatic rings. The Kier molecular flexibility index (Phi) is 10.8. The Morgan fingerprint density at radius 1 is 1.42 bits per heavy atom. The van der Waals surface area contributed by atoms with Gasteiger partial charge < -0.3 is 15.0 Å². The summed E-state index contributed by atoms with van der Waals surface area (Å²) in [4.78, 5) is 7.01. The fraction of sp³-hybridized carbons (Fsp3) is 0.941. The lowest BCUT2D eigenvalue weighted by Gasteiger charge is -2.40. The van der Waals surface area contributed by atoms with Crippen molar-refractivity contribution >= 4 is 53.5 Å². The predicted octanol–water partition coefficient (Wildman–Crippen LogP) is 3.56. The Hall–Kier alpha value is 0.660. The number of rotatable bonds is 5. The van der Waals surface area contributed by atoms with Crippen LogP contribution < -0.4 is 5.32 Å². The van der Waals surface area contributed by atoms with Crippen LogP contribution in [0.3, 0.4) is 0 Å². The van der Waals surface area contributed by atoms with Crippen molar-refractivity contribution in [1.29, 1.82) is 0 Å². The molecular formula is C17H34IN3OS2. The number of hydrogen-bond donors (Lipinski definition) is 1. The van der Waals surface area contributed by atoms with Crippen LogP contribution in [0.2, 0.25) is 0 Å². The van der Waals surface area contributed by atoms with Gasteiger partial charge in [0.05, 0.1) is 0 Å². The molecule has 0 aliphatic carbocycles. The van der Waals surface area contributed by atoms with Gasteiger partial charge in [-0.15, -0.1) is 24.0 Å². The fourth-order valence-electron chi connectivity index (χ4n) is 3.27. The fourth-order valence-corrected chi connectivity index (χ4v) is 5.81. The summed E-state index contributed by atoms with van der Waals surface area (Å²) in [6.45, 7) is 11.9. The van der Waals surface area contributed by atoms with Crippen LogP contribution in [0.4, 0.5) is 0 Å². The van der Waals surface area contributed by atoms with Gasteiger partial charge in [0.2, 0.25) is 0 Å². The Labute approximate surface area is 173 Å². The number of nitrogens with zero attached hydrogens (tertiary/aromatic N) is 2. The van der Waals surface area contributed by atoms with Gasteiger partial charge in [-0.25, -0.2) is 0 Å². The minimum Gasteiger partial charge on any atom is -0.381 e. The van der Waals surface area contributed by atoms with Gasteiger partial charge in [-0.1, -0.05) is 20.8 Å². The molecule has 4 nitrogen and oxygen atoms in total. The Bertz CT molecular complexity index is 385. The van der Waals surface area contributed by atoms with Gasteiger partial charge in [0.25, 0.3) is 0 Å². The molecule has 2 saturated heterocycles. The van der Waals surface area contributed by atoms with Gasteiger partial charge in [-0.3, -0.25) is 4.99 Å². The van der Waals surface area contributed by atoms with E-state index in [1.807, 2.05) is 7.05 Å². The van der Waals surface area contributed by atoms with Crippen LogP contribution in [-0.4, -0.2) is 72.3 Å². The minimum atomic E-state index is 0. The summed E-state index contributed by atoms with van der Waals surface area (Å²) in [7, 11) is 1.91. The highest BCUT2D eigenvalue weighted by molar-refractivity contribution is 14.0. The SMILES string of the molecule is CCSC1(CNC(=NC)N2CCSC(C(C)C)C2)CCOCC1.I.